The number of ketones is 1. The van der Waals surface area contributed by atoms with Gasteiger partial charge in [0.15, 0.2) is 5.78 Å². The Kier molecular flexibility index (Phi) is 2.63. The van der Waals surface area contributed by atoms with Crippen LogP contribution in [0.2, 0.25) is 0 Å². The molecule has 1 aromatic heterocycles. The fraction of sp³-hybridized carbons (Fsp3) is 0.353. The van der Waals surface area contributed by atoms with Crippen LogP contribution in [-0.2, 0) is 6.42 Å². The van der Waals surface area contributed by atoms with Gasteiger partial charge in [0, 0.05) is 24.0 Å². The van der Waals surface area contributed by atoms with E-state index < -0.39 is 0 Å². The Morgan fingerprint density at radius 1 is 1.11 bits per heavy atom. The second-order valence-electron chi connectivity index (χ2n) is 6.16. The molecule has 1 aliphatic rings. The molecular formula is C17H18O2. The lowest BCUT2D eigenvalue weighted by molar-refractivity contribution is 0.0903. The standard InChI is InChI=1S/C17H18O2/c1-11-15-13(18)9-17(2,3)10-14(15)19-16(11)12-7-5-4-6-8-12/h4-8H,9-10H2,1-3H3. The summed E-state index contributed by atoms with van der Waals surface area (Å²) in [6, 6.07) is 10.00. The largest absolute Gasteiger partial charge is 0.460 e. The van der Waals surface area contributed by atoms with Crippen LogP contribution in [0.15, 0.2) is 34.7 Å². The fourth-order valence-corrected chi connectivity index (χ4v) is 2.95. The molecule has 0 aliphatic heterocycles. The van der Waals surface area contributed by atoms with Crippen LogP contribution in [0.5, 0.6) is 0 Å². The van der Waals surface area contributed by atoms with E-state index >= 15 is 0 Å². The number of Topliss-reactive ketones (excluding diaryl/α,β-unsaturated/α-hetero) is 1. The number of benzene rings is 1. The summed E-state index contributed by atoms with van der Waals surface area (Å²) in [5.74, 6) is 1.92. The second kappa shape index (κ2) is 4.09. The highest BCUT2D eigenvalue weighted by atomic mass is 16.3. The zero-order chi connectivity index (χ0) is 13.6. The van der Waals surface area contributed by atoms with Crippen molar-refractivity contribution in [3.05, 3.63) is 47.2 Å². The smallest absolute Gasteiger partial charge is 0.167 e. The lowest BCUT2D eigenvalue weighted by Crippen LogP contribution is -2.26. The van der Waals surface area contributed by atoms with Crippen molar-refractivity contribution < 1.29 is 9.21 Å². The number of carbonyl (C=O) groups excluding carboxylic acids is 1. The van der Waals surface area contributed by atoms with Crippen LogP contribution >= 0.6 is 0 Å². The molecule has 0 spiro atoms. The van der Waals surface area contributed by atoms with Crippen molar-refractivity contribution in [1.29, 1.82) is 0 Å². The molecule has 0 radical (unpaired) electrons. The first-order valence-corrected chi connectivity index (χ1v) is 6.69. The number of hydrogen-bond donors (Lipinski definition) is 0. The Bertz CT molecular complexity index is 633. The van der Waals surface area contributed by atoms with Crippen LogP contribution in [0, 0.1) is 12.3 Å². The maximum Gasteiger partial charge on any atom is 0.167 e. The van der Waals surface area contributed by atoms with Gasteiger partial charge < -0.3 is 4.42 Å². The van der Waals surface area contributed by atoms with Crippen LogP contribution in [0.3, 0.4) is 0 Å². The molecule has 1 aliphatic carbocycles. The van der Waals surface area contributed by atoms with E-state index in [1.165, 1.54) is 0 Å². The zero-order valence-electron chi connectivity index (χ0n) is 11.6. The van der Waals surface area contributed by atoms with Crippen molar-refractivity contribution in [3.63, 3.8) is 0 Å². The van der Waals surface area contributed by atoms with E-state index in [4.69, 9.17) is 4.42 Å². The molecule has 19 heavy (non-hydrogen) atoms. The van der Waals surface area contributed by atoms with Gasteiger partial charge in [-0.2, -0.15) is 0 Å². The third kappa shape index (κ3) is 2.01. The highest BCUT2D eigenvalue weighted by Gasteiger charge is 2.35. The van der Waals surface area contributed by atoms with Gasteiger partial charge >= 0.3 is 0 Å². The Labute approximate surface area is 113 Å². The number of furan rings is 1. The molecule has 0 N–H and O–H groups in total. The molecule has 1 heterocycles. The lowest BCUT2D eigenvalue weighted by atomic mass is 9.76. The van der Waals surface area contributed by atoms with Gasteiger partial charge in [-0.25, -0.2) is 0 Å². The van der Waals surface area contributed by atoms with Crippen LogP contribution in [0.1, 0.15) is 41.9 Å². The molecule has 0 unspecified atom stereocenters. The predicted octanol–water partition coefficient (Wildman–Crippen LogP) is 4.41. The molecule has 0 atom stereocenters. The van der Waals surface area contributed by atoms with Crippen molar-refractivity contribution >= 4 is 5.78 Å². The van der Waals surface area contributed by atoms with Crippen molar-refractivity contribution in [2.45, 2.75) is 33.6 Å². The summed E-state index contributed by atoms with van der Waals surface area (Å²) in [4.78, 5) is 12.3. The first-order chi connectivity index (χ1) is 8.98. The molecule has 98 valence electrons. The van der Waals surface area contributed by atoms with E-state index in [1.54, 1.807) is 0 Å². The molecule has 0 amide bonds. The predicted molar refractivity (Wildman–Crippen MR) is 75.3 cm³/mol. The summed E-state index contributed by atoms with van der Waals surface area (Å²) in [7, 11) is 0. The van der Waals surface area contributed by atoms with E-state index in [-0.39, 0.29) is 11.2 Å². The van der Waals surface area contributed by atoms with Gasteiger partial charge in [0.25, 0.3) is 0 Å². The molecular weight excluding hydrogens is 236 g/mol. The van der Waals surface area contributed by atoms with Gasteiger partial charge in [-0.1, -0.05) is 44.2 Å². The van der Waals surface area contributed by atoms with Crippen molar-refractivity contribution in [3.8, 4) is 11.3 Å². The van der Waals surface area contributed by atoms with Gasteiger partial charge in [-0.3, -0.25) is 4.79 Å². The SMILES string of the molecule is Cc1c(-c2ccccc2)oc2c1C(=O)CC(C)(C)C2. The minimum atomic E-state index is 0.00232. The highest BCUT2D eigenvalue weighted by molar-refractivity contribution is 6.01. The van der Waals surface area contributed by atoms with E-state index in [1.807, 2.05) is 37.3 Å². The van der Waals surface area contributed by atoms with Gasteiger partial charge in [-0.15, -0.1) is 0 Å². The van der Waals surface area contributed by atoms with E-state index in [2.05, 4.69) is 13.8 Å². The maximum absolute atomic E-state index is 12.3. The average Bonchev–Trinajstić information content (AvgIpc) is 2.66. The quantitative estimate of drug-likeness (QED) is 0.754. The summed E-state index contributed by atoms with van der Waals surface area (Å²) < 4.78 is 6.01. The average molecular weight is 254 g/mol. The van der Waals surface area contributed by atoms with Crippen LogP contribution in [0.25, 0.3) is 11.3 Å². The minimum Gasteiger partial charge on any atom is -0.460 e. The molecule has 3 rings (SSSR count). The molecule has 1 aromatic carbocycles. The summed E-state index contributed by atoms with van der Waals surface area (Å²) >= 11 is 0. The third-order valence-electron chi connectivity index (χ3n) is 3.81. The zero-order valence-corrected chi connectivity index (χ0v) is 11.6. The normalized spacial score (nSPS) is 17.3. The van der Waals surface area contributed by atoms with Crippen molar-refractivity contribution in [1.82, 2.24) is 0 Å². The molecule has 0 saturated carbocycles. The van der Waals surface area contributed by atoms with Gasteiger partial charge in [0.2, 0.25) is 0 Å². The van der Waals surface area contributed by atoms with Crippen LogP contribution in [-0.4, -0.2) is 5.78 Å². The Hall–Kier alpha value is -1.83. The maximum atomic E-state index is 12.3. The first kappa shape index (κ1) is 12.2. The topological polar surface area (TPSA) is 30.2 Å². The number of carbonyl (C=O) groups is 1. The fourth-order valence-electron chi connectivity index (χ4n) is 2.95. The van der Waals surface area contributed by atoms with E-state index in [0.717, 1.165) is 34.6 Å². The van der Waals surface area contributed by atoms with E-state index in [0.29, 0.717) is 6.42 Å². The summed E-state index contributed by atoms with van der Waals surface area (Å²) in [5.41, 5.74) is 2.85. The van der Waals surface area contributed by atoms with E-state index in [9.17, 15) is 4.79 Å². The monoisotopic (exact) mass is 254 g/mol. The minimum absolute atomic E-state index is 0.00232. The highest BCUT2D eigenvalue weighted by Crippen LogP contribution is 2.40. The van der Waals surface area contributed by atoms with Crippen LogP contribution in [0.4, 0.5) is 0 Å². The van der Waals surface area contributed by atoms with Gasteiger partial charge in [-0.05, 0) is 12.3 Å². The van der Waals surface area contributed by atoms with Crippen LogP contribution < -0.4 is 0 Å². The molecule has 2 nitrogen and oxygen atoms in total. The third-order valence-corrected chi connectivity index (χ3v) is 3.81. The van der Waals surface area contributed by atoms with Crippen molar-refractivity contribution in [2.24, 2.45) is 5.41 Å². The molecule has 0 saturated heterocycles. The summed E-state index contributed by atoms with van der Waals surface area (Å²) in [6.07, 6.45) is 1.44. The molecule has 2 aromatic rings. The Morgan fingerprint density at radius 3 is 2.47 bits per heavy atom. The Balaban J connectivity index is 2.15. The van der Waals surface area contributed by atoms with Gasteiger partial charge in [0.05, 0.1) is 5.56 Å². The summed E-state index contributed by atoms with van der Waals surface area (Å²) in [6.45, 7) is 6.22. The van der Waals surface area contributed by atoms with Crippen molar-refractivity contribution in [2.75, 3.05) is 0 Å². The van der Waals surface area contributed by atoms with Gasteiger partial charge in [0.1, 0.15) is 11.5 Å². The second-order valence-corrected chi connectivity index (χ2v) is 6.16. The first-order valence-electron chi connectivity index (χ1n) is 6.69. The molecule has 0 fully saturated rings. The number of fused-ring (bicyclic) bond motifs is 1. The lowest BCUT2D eigenvalue weighted by Gasteiger charge is -2.27. The number of hydrogen-bond acceptors (Lipinski definition) is 2. The number of rotatable bonds is 1. The Morgan fingerprint density at radius 2 is 1.79 bits per heavy atom. The molecule has 2 heteroatoms. The molecule has 0 bridgehead atoms. The summed E-state index contributed by atoms with van der Waals surface area (Å²) in [5, 5.41) is 0.